The number of benzene rings is 1. The van der Waals surface area contributed by atoms with Gasteiger partial charge in [0, 0.05) is 31.1 Å². The van der Waals surface area contributed by atoms with Crippen LogP contribution in [0.5, 0.6) is 0 Å². The Bertz CT molecular complexity index is 774. The molecule has 0 aliphatic carbocycles. The van der Waals surface area contributed by atoms with E-state index < -0.39 is 6.04 Å². The van der Waals surface area contributed by atoms with Crippen molar-refractivity contribution in [2.24, 2.45) is 5.92 Å². The number of carbonyl (C=O) groups excluding carboxylic acids is 3. The molecule has 3 amide bonds. The summed E-state index contributed by atoms with van der Waals surface area (Å²) >= 11 is 0. The normalized spacial score (nSPS) is 23.8. The van der Waals surface area contributed by atoms with Crippen molar-refractivity contribution < 1.29 is 14.4 Å². The van der Waals surface area contributed by atoms with Crippen LogP contribution in [0.3, 0.4) is 0 Å². The summed E-state index contributed by atoms with van der Waals surface area (Å²) in [5.74, 6) is 0.00198. The predicted molar refractivity (Wildman–Crippen MR) is 99.8 cm³/mol. The van der Waals surface area contributed by atoms with Gasteiger partial charge in [-0.2, -0.15) is 0 Å². The molecule has 7 heteroatoms. The summed E-state index contributed by atoms with van der Waals surface area (Å²) in [5, 5.41) is 9.17. The van der Waals surface area contributed by atoms with E-state index in [0.29, 0.717) is 31.1 Å². The van der Waals surface area contributed by atoms with Gasteiger partial charge in [-0.15, -0.1) is 0 Å². The highest BCUT2D eigenvalue weighted by molar-refractivity contribution is 6.05. The summed E-state index contributed by atoms with van der Waals surface area (Å²) in [5.41, 5.74) is 2.65. The van der Waals surface area contributed by atoms with Crippen molar-refractivity contribution in [3.05, 3.63) is 34.9 Å². The van der Waals surface area contributed by atoms with Crippen LogP contribution >= 0.6 is 0 Å². The Morgan fingerprint density at radius 2 is 2.07 bits per heavy atom. The Morgan fingerprint density at radius 1 is 1.26 bits per heavy atom. The van der Waals surface area contributed by atoms with Crippen molar-refractivity contribution in [1.82, 2.24) is 20.9 Å². The van der Waals surface area contributed by atoms with Crippen LogP contribution in [0.25, 0.3) is 0 Å². The van der Waals surface area contributed by atoms with E-state index in [2.05, 4.69) is 22.9 Å². The van der Waals surface area contributed by atoms with Gasteiger partial charge < -0.3 is 15.5 Å². The molecular formula is C20H26N4O3. The van der Waals surface area contributed by atoms with Crippen molar-refractivity contribution in [3.8, 4) is 0 Å². The molecule has 0 spiro atoms. The number of nitrogens with one attached hydrogen (secondary N) is 3. The van der Waals surface area contributed by atoms with Crippen LogP contribution in [-0.4, -0.2) is 47.8 Å². The van der Waals surface area contributed by atoms with Crippen molar-refractivity contribution in [1.29, 1.82) is 0 Å². The van der Waals surface area contributed by atoms with Crippen molar-refractivity contribution in [2.75, 3.05) is 13.1 Å². The molecule has 2 unspecified atom stereocenters. The average Bonchev–Trinajstić information content (AvgIpc) is 2.94. The van der Waals surface area contributed by atoms with Crippen LogP contribution in [0.1, 0.15) is 47.7 Å². The summed E-state index contributed by atoms with van der Waals surface area (Å²) < 4.78 is 0. The van der Waals surface area contributed by atoms with E-state index in [-0.39, 0.29) is 24.1 Å². The largest absolute Gasteiger partial charge is 0.322 e. The monoisotopic (exact) mass is 370 g/mol. The van der Waals surface area contributed by atoms with Crippen molar-refractivity contribution in [2.45, 2.75) is 51.4 Å². The quantitative estimate of drug-likeness (QED) is 0.636. The fourth-order valence-electron chi connectivity index (χ4n) is 4.22. The van der Waals surface area contributed by atoms with Gasteiger partial charge in [0.05, 0.1) is 0 Å². The molecule has 7 nitrogen and oxygen atoms in total. The highest BCUT2D eigenvalue weighted by atomic mass is 16.2. The zero-order valence-electron chi connectivity index (χ0n) is 15.6. The molecule has 3 aliphatic heterocycles. The summed E-state index contributed by atoms with van der Waals surface area (Å²) in [6.45, 7) is 5.42. The number of hydrogen-bond acceptors (Lipinski definition) is 5. The van der Waals surface area contributed by atoms with Gasteiger partial charge in [-0.1, -0.05) is 18.2 Å². The smallest absolute Gasteiger partial charge is 0.255 e. The first-order valence-corrected chi connectivity index (χ1v) is 9.72. The van der Waals surface area contributed by atoms with Crippen LogP contribution in [-0.2, 0) is 22.7 Å². The molecule has 1 aromatic carbocycles. The first-order valence-electron chi connectivity index (χ1n) is 9.72. The van der Waals surface area contributed by atoms with E-state index in [1.807, 2.05) is 18.2 Å². The maximum atomic E-state index is 13.0. The summed E-state index contributed by atoms with van der Waals surface area (Å²) in [4.78, 5) is 38.2. The second-order valence-electron chi connectivity index (χ2n) is 7.89. The third-order valence-electron chi connectivity index (χ3n) is 5.83. The lowest BCUT2D eigenvalue weighted by Gasteiger charge is -2.30. The van der Waals surface area contributed by atoms with Gasteiger partial charge in [-0.3, -0.25) is 19.7 Å². The lowest BCUT2D eigenvalue weighted by Crippen LogP contribution is -2.52. The molecule has 144 valence electrons. The predicted octanol–water partition coefficient (Wildman–Crippen LogP) is 0.535. The average molecular weight is 370 g/mol. The van der Waals surface area contributed by atoms with E-state index in [1.54, 1.807) is 4.90 Å². The molecular weight excluding hydrogens is 344 g/mol. The molecule has 2 saturated heterocycles. The number of carbonyl (C=O) groups is 3. The number of imide groups is 1. The van der Waals surface area contributed by atoms with Crippen molar-refractivity contribution in [3.63, 3.8) is 0 Å². The fraction of sp³-hybridized carbons (Fsp3) is 0.550. The number of hydrogen-bond donors (Lipinski definition) is 3. The summed E-state index contributed by atoms with van der Waals surface area (Å²) in [7, 11) is 0. The lowest BCUT2D eigenvalue weighted by molar-refractivity contribution is -0.136. The Hall–Kier alpha value is -2.25. The number of fused-ring (bicyclic) bond motifs is 1. The summed E-state index contributed by atoms with van der Waals surface area (Å²) in [6, 6.07) is 5.73. The van der Waals surface area contributed by atoms with Gasteiger partial charge >= 0.3 is 0 Å². The molecule has 0 bridgehead atoms. The molecule has 2 atom stereocenters. The zero-order valence-corrected chi connectivity index (χ0v) is 15.6. The molecule has 0 aromatic heterocycles. The van der Waals surface area contributed by atoms with Gasteiger partial charge in [-0.25, -0.2) is 0 Å². The topological polar surface area (TPSA) is 90.5 Å². The van der Waals surface area contributed by atoms with Gasteiger partial charge in [0.15, 0.2) is 0 Å². The fourth-order valence-corrected chi connectivity index (χ4v) is 4.22. The van der Waals surface area contributed by atoms with Crippen LogP contribution in [0.2, 0.25) is 0 Å². The van der Waals surface area contributed by atoms with E-state index in [1.165, 1.54) is 0 Å². The van der Waals surface area contributed by atoms with Gasteiger partial charge in [0.1, 0.15) is 6.04 Å². The third kappa shape index (κ3) is 3.61. The minimum atomic E-state index is -0.562. The van der Waals surface area contributed by atoms with Crippen molar-refractivity contribution >= 4 is 17.7 Å². The highest BCUT2D eigenvalue weighted by Gasteiger charge is 2.39. The molecule has 2 fully saturated rings. The number of rotatable bonds is 6. The molecule has 3 N–H and O–H groups in total. The molecule has 27 heavy (non-hydrogen) atoms. The minimum Gasteiger partial charge on any atom is -0.322 e. The molecule has 1 aromatic rings. The highest BCUT2D eigenvalue weighted by Crippen LogP contribution is 2.30. The van der Waals surface area contributed by atoms with E-state index in [0.717, 1.165) is 36.6 Å². The number of piperidine rings is 1. The minimum absolute atomic E-state index is 0.104. The maximum absolute atomic E-state index is 13.0. The van der Waals surface area contributed by atoms with E-state index >= 15 is 0 Å². The second-order valence-corrected chi connectivity index (χ2v) is 7.89. The molecule has 0 saturated carbocycles. The van der Waals surface area contributed by atoms with Gasteiger partial charge in [-0.05, 0) is 49.9 Å². The molecule has 0 radical (unpaired) electrons. The molecule has 3 heterocycles. The van der Waals surface area contributed by atoms with Gasteiger partial charge in [0.2, 0.25) is 11.8 Å². The van der Waals surface area contributed by atoms with Crippen LogP contribution < -0.4 is 16.0 Å². The Morgan fingerprint density at radius 3 is 2.78 bits per heavy atom. The lowest BCUT2D eigenvalue weighted by atomic mass is 9.95. The Balaban J connectivity index is 1.44. The second kappa shape index (κ2) is 7.40. The maximum Gasteiger partial charge on any atom is 0.255 e. The first kappa shape index (κ1) is 18.1. The first-order chi connectivity index (χ1) is 13.0. The standard InChI is InChI=1S/C20H26N4O3/c1-12(7-13-8-21-9-13)22-10-14-3-2-4-15-11-24(20(27)18(14)15)16-5-6-17(25)23-19(16)26/h2-4,12-13,16,21-22H,5-11H2,1H3,(H,23,25,26). The third-order valence-corrected chi connectivity index (χ3v) is 5.83. The zero-order chi connectivity index (χ0) is 19.0. The van der Waals surface area contributed by atoms with Gasteiger partial charge in [0.25, 0.3) is 5.91 Å². The summed E-state index contributed by atoms with van der Waals surface area (Å²) in [6.07, 6.45) is 1.79. The molecule has 3 aliphatic rings. The van der Waals surface area contributed by atoms with E-state index in [4.69, 9.17) is 0 Å². The van der Waals surface area contributed by atoms with E-state index in [9.17, 15) is 14.4 Å². The van der Waals surface area contributed by atoms with Crippen LogP contribution in [0.4, 0.5) is 0 Å². The molecule has 4 rings (SSSR count). The number of nitrogens with zero attached hydrogens (tertiary/aromatic N) is 1. The van der Waals surface area contributed by atoms with Crippen LogP contribution in [0.15, 0.2) is 18.2 Å². The number of amides is 3. The Labute approximate surface area is 158 Å². The van der Waals surface area contributed by atoms with Crippen LogP contribution in [0, 0.1) is 5.92 Å². The SMILES string of the molecule is CC(CC1CNC1)NCc1cccc2c1C(=O)N(C1CCC(=O)NC1=O)C2. The Kier molecular flexibility index (Phi) is 4.97.